The number of esters is 1. The van der Waals surface area contributed by atoms with Crippen LogP contribution in [0.25, 0.3) is 0 Å². The predicted molar refractivity (Wildman–Crippen MR) is 74.7 cm³/mol. The first-order valence-electron chi connectivity index (χ1n) is 5.80. The van der Waals surface area contributed by atoms with Gasteiger partial charge in [-0.1, -0.05) is 23.2 Å². The standard InChI is InChI=1S/C13H15Cl2NO3/c1-3-16(7-6-12(17)19-2)13(18)10-8-9(14)4-5-11(10)15/h4-5,8H,3,6-7H2,1-2H3. The Labute approximate surface area is 122 Å². The molecule has 0 unspecified atom stereocenters. The molecule has 0 saturated heterocycles. The van der Waals surface area contributed by atoms with Crippen molar-refractivity contribution in [2.75, 3.05) is 20.2 Å². The van der Waals surface area contributed by atoms with Gasteiger partial charge in [-0.05, 0) is 25.1 Å². The summed E-state index contributed by atoms with van der Waals surface area (Å²) >= 11 is 11.8. The Hall–Kier alpha value is -1.26. The molecule has 0 aliphatic carbocycles. The molecule has 1 aromatic carbocycles. The number of carbonyl (C=O) groups is 2. The highest BCUT2D eigenvalue weighted by molar-refractivity contribution is 6.35. The van der Waals surface area contributed by atoms with Crippen LogP contribution < -0.4 is 0 Å². The fourth-order valence-electron chi connectivity index (χ4n) is 1.56. The third kappa shape index (κ3) is 4.40. The molecule has 4 nitrogen and oxygen atoms in total. The summed E-state index contributed by atoms with van der Waals surface area (Å²) in [4.78, 5) is 24.9. The summed E-state index contributed by atoms with van der Waals surface area (Å²) in [6.45, 7) is 2.58. The second-order valence-corrected chi connectivity index (χ2v) is 4.68. The van der Waals surface area contributed by atoms with Crippen molar-refractivity contribution in [2.45, 2.75) is 13.3 Å². The van der Waals surface area contributed by atoms with Crippen molar-refractivity contribution in [3.05, 3.63) is 33.8 Å². The second-order valence-electron chi connectivity index (χ2n) is 3.84. The van der Waals surface area contributed by atoms with Gasteiger partial charge in [0.25, 0.3) is 5.91 Å². The normalized spacial score (nSPS) is 10.1. The zero-order valence-electron chi connectivity index (χ0n) is 10.8. The molecule has 0 spiro atoms. The van der Waals surface area contributed by atoms with Gasteiger partial charge in [0.2, 0.25) is 0 Å². The molecule has 1 amide bonds. The molecule has 1 aromatic rings. The van der Waals surface area contributed by atoms with E-state index in [-0.39, 0.29) is 24.8 Å². The Balaban J connectivity index is 2.83. The Morgan fingerprint density at radius 3 is 2.58 bits per heavy atom. The van der Waals surface area contributed by atoms with Gasteiger partial charge >= 0.3 is 5.97 Å². The van der Waals surface area contributed by atoms with Crippen LogP contribution in [-0.4, -0.2) is 37.0 Å². The molecule has 0 fully saturated rings. The molecule has 0 aromatic heterocycles. The lowest BCUT2D eigenvalue weighted by Crippen LogP contribution is -2.33. The number of hydrogen-bond acceptors (Lipinski definition) is 3. The number of amides is 1. The molecular weight excluding hydrogens is 289 g/mol. The molecule has 0 radical (unpaired) electrons. The molecule has 19 heavy (non-hydrogen) atoms. The molecule has 0 heterocycles. The van der Waals surface area contributed by atoms with Gasteiger partial charge in [0.1, 0.15) is 0 Å². The van der Waals surface area contributed by atoms with Crippen LogP contribution in [0.2, 0.25) is 10.0 Å². The van der Waals surface area contributed by atoms with E-state index in [2.05, 4.69) is 4.74 Å². The van der Waals surface area contributed by atoms with Gasteiger partial charge < -0.3 is 9.64 Å². The van der Waals surface area contributed by atoms with Crippen LogP contribution in [0.4, 0.5) is 0 Å². The van der Waals surface area contributed by atoms with E-state index in [1.54, 1.807) is 12.1 Å². The van der Waals surface area contributed by atoms with Crippen molar-refractivity contribution in [2.24, 2.45) is 0 Å². The minimum atomic E-state index is -0.358. The largest absolute Gasteiger partial charge is 0.469 e. The summed E-state index contributed by atoms with van der Waals surface area (Å²) in [6.07, 6.45) is 0.147. The van der Waals surface area contributed by atoms with Crippen molar-refractivity contribution in [1.82, 2.24) is 4.90 Å². The fraction of sp³-hybridized carbons (Fsp3) is 0.385. The summed E-state index contributed by atoms with van der Waals surface area (Å²) in [5, 5.41) is 0.780. The highest BCUT2D eigenvalue weighted by Crippen LogP contribution is 2.22. The molecule has 0 aliphatic heterocycles. The van der Waals surface area contributed by atoms with Gasteiger partial charge in [-0.3, -0.25) is 9.59 Å². The molecule has 0 N–H and O–H groups in total. The summed E-state index contributed by atoms with van der Waals surface area (Å²) in [5.74, 6) is -0.609. The fourth-order valence-corrected chi connectivity index (χ4v) is 1.93. The molecule has 6 heteroatoms. The van der Waals surface area contributed by atoms with Crippen LogP contribution in [0.3, 0.4) is 0 Å². The zero-order valence-corrected chi connectivity index (χ0v) is 12.3. The summed E-state index contributed by atoms with van der Waals surface area (Å²) in [5.41, 5.74) is 0.334. The molecule has 104 valence electrons. The average molecular weight is 304 g/mol. The molecule has 1 rings (SSSR count). The number of halogens is 2. The number of ether oxygens (including phenoxy) is 1. The van der Waals surface area contributed by atoms with E-state index in [0.717, 1.165) is 0 Å². The van der Waals surface area contributed by atoms with Gasteiger partial charge in [-0.25, -0.2) is 0 Å². The van der Waals surface area contributed by atoms with Crippen molar-refractivity contribution in [1.29, 1.82) is 0 Å². The highest BCUT2D eigenvalue weighted by Gasteiger charge is 2.18. The maximum atomic E-state index is 12.3. The van der Waals surface area contributed by atoms with Crippen LogP contribution in [0.15, 0.2) is 18.2 Å². The Morgan fingerprint density at radius 2 is 2.00 bits per heavy atom. The van der Waals surface area contributed by atoms with E-state index in [1.807, 2.05) is 6.92 Å². The molecule has 0 aliphatic rings. The van der Waals surface area contributed by atoms with Gasteiger partial charge in [-0.2, -0.15) is 0 Å². The van der Waals surface area contributed by atoms with Gasteiger partial charge in [0.15, 0.2) is 0 Å². The Kier molecular flexibility index (Phi) is 6.12. The van der Waals surface area contributed by atoms with Crippen molar-refractivity contribution < 1.29 is 14.3 Å². The smallest absolute Gasteiger partial charge is 0.307 e. The van der Waals surface area contributed by atoms with E-state index in [9.17, 15) is 9.59 Å². The van der Waals surface area contributed by atoms with E-state index < -0.39 is 0 Å². The monoisotopic (exact) mass is 303 g/mol. The number of carbonyl (C=O) groups excluding carboxylic acids is 2. The first-order valence-corrected chi connectivity index (χ1v) is 6.56. The van der Waals surface area contributed by atoms with Crippen molar-refractivity contribution in [3.63, 3.8) is 0 Å². The molecular formula is C13H15Cl2NO3. The lowest BCUT2D eigenvalue weighted by atomic mass is 10.2. The lowest BCUT2D eigenvalue weighted by Gasteiger charge is -2.21. The summed E-state index contributed by atoms with van der Waals surface area (Å²) < 4.78 is 4.55. The Bertz CT molecular complexity index is 477. The molecule has 0 bridgehead atoms. The highest BCUT2D eigenvalue weighted by atomic mass is 35.5. The van der Waals surface area contributed by atoms with E-state index in [1.165, 1.54) is 18.1 Å². The number of nitrogens with zero attached hydrogens (tertiary/aromatic N) is 1. The van der Waals surface area contributed by atoms with Crippen LogP contribution >= 0.6 is 23.2 Å². The minimum absolute atomic E-state index is 0.147. The Morgan fingerprint density at radius 1 is 1.32 bits per heavy atom. The quantitative estimate of drug-likeness (QED) is 0.786. The third-order valence-corrected chi connectivity index (χ3v) is 3.21. The number of rotatable bonds is 5. The van der Waals surface area contributed by atoms with Crippen molar-refractivity contribution >= 4 is 35.1 Å². The molecule has 0 saturated carbocycles. The minimum Gasteiger partial charge on any atom is -0.469 e. The van der Waals surface area contributed by atoms with Crippen molar-refractivity contribution in [3.8, 4) is 0 Å². The number of methoxy groups -OCH3 is 1. The van der Waals surface area contributed by atoms with E-state index in [4.69, 9.17) is 23.2 Å². The summed E-state index contributed by atoms with van der Waals surface area (Å²) in [6, 6.07) is 4.71. The van der Waals surface area contributed by atoms with Gasteiger partial charge in [-0.15, -0.1) is 0 Å². The van der Waals surface area contributed by atoms with Crippen LogP contribution in [0, 0.1) is 0 Å². The van der Waals surface area contributed by atoms with Crippen LogP contribution in [0.1, 0.15) is 23.7 Å². The number of benzene rings is 1. The zero-order chi connectivity index (χ0) is 14.4. The van der Waals surface area contributed by atoms with E-state index >= 15 is 0 Å². The average Bonchev–Trinajstić information content (AvgIpc) is 2.41. The SMILES string of the molecule is CCN(CCC(=O)OC)C(=O)c1cc(Cl)ccc1Cl. The third-order valence-electron chi connectivity index (χ3n) is 2.64. The molecule has 0 atom stereocenters. The van der Waals surface area contributed by atoms with E-state index in [0.29, 0.717) is 22.2 Å². The first-order chi connectivity index (χ1) is 8.99. The topological polar surface area (TPSA) is 46.6 Å². The lowest BCUT2D eigenvalue weighted by molar-refractivity contribution is -0.140. The first kappa shape index (κ1) is 15.8. The number of hydrogen-bond donors (Lipinski definition) is 0. The van der Waals surface area contributed by atoms with Gasteiger partial charge in [0.05, 0.1) is 24.1 Å². The second kappa shape index (κ2) is 7.36. The van der Waals surface area contributed by atoms with Crippen LogP contribution in [-0.2, 0) is 9.53 Å². The summed E-state index contributed by atoms with van der Waals surface area (Å²) in [7, 11) is 1.31. The maximum Gasteiger partial charge on any atom is 0.307 e. The predicted octanol–water partition coefficient (Wildman–Crippen LogP) is 3.02. The van der Waals surface area contributed by atoms with Gasteiger partial charge in [0, 0.05) is 18.1 Å². The maximum absolute atomic E-state index is 12.3. The van der Waals surface area contributed by atoms with Crippen LogP contribution in [0.5, 0.6) is 0 Å².